The number of carbonyl (C=O) groups excluding carboxylic acids is 2. The molecule has 1 atom stereocenters. The molecule has 8 heteroatoms. The van der Waals surface area contributed by atoms with Gasteiger partial charge in [-0.05, 0) is 23.8 Å². The molecule has 0 radical (unpaired) electrons. The number of amides is 1. The number of aromatic nitrogens is 1. The van der Waals surface area contributed by atoms with Gasteiger partial charge in [0.2, 0.25) is 0 Å². The van der Waals surface area contributed by atoms with Crippen LogP contribution in [0.15, 0.2) is 42.7 Å². The second-order valence-corrected chi connectivity index (χ2v) is 7.55. The fraction of sp³-hybridized carbons (Fsp3) is 0.350. The number of ether oxygens (including phenoxy) is 2. The largest absolute Gasteiger partial charge is 0.467 e. The van der Waals surface area contributed by atoms with Gasteiger partial charge in [0.1, 0.15) is 6.04 Å². The number of thiophene rings is 1. The third-order valence-corrected chi connectivity index (χ3v) is 6.06. The summed E-state index contributed by atoms with van der Waals surface area (Å²) in [6, 6.07) is 5.12. The smallest absolute Gasteiger partial charge is 0.332 e. The molecule has 0 saturated carbocycles. The standard InChI is InChI=1S/C20H21N3O4S/c1-26-20(25)16-3-2-8-23(16)18(24)17-13-15(14-4-6-21-7-5-14)19(28-17)22-9-11-27-12-10-22/h2-7,13,16H,8-12H2,1H3/t16-/m1/s1. The zero-order chi connectivity index (χ0) is 19.5. The molecule has 0 bridgehead atoms. The van der Waals surface area contributed by atoms with Crippen LogP contribution in [0.25, 0.3) is 11.1 Å². The van der Waals surface area contributed by atoms with Crippen molar-refractivity contribution in [3.05, 3.63) is 47.6 Å². The van der Waals surface area contributed by atoms with E-state index in [2.05, 4.69) is 9.88 Å². The van der Waals surface area contributed by atoms with Crippen molar-refractivity contribution in [2.75, 3.05) is 44.9 Å². The molecule has 0 spiro atoms. The van der Waals surface area contributed by atoms with Crippen molar-refractivity contribution in [3.8, 4) is 11.1 Å². The molecule has 1 saturated heterocycles. The summed E-state index contributed by atoms with van der Waals surface area (Å²) in [5.74, 6) is -0.596. The lowest BCUT2D eigenvalue weighted by atomic mass is 10.1. The highest BCUT2D eigenvalue weighted by Gasteiger charge is 2.33. The number of anilines is 1. The maximum absolute atomic E-state index is 13.2. The van der Waals surface area contributed by atoms with E-state index in [1.807, 2.05) is 24.3 Å². The van der Waals surface area contributed by atoms with Crippen LogP contribution in [0.4, 0.5) is 5.00 Å². The highest BCUT2D eigenvalue weighted by molar-refractivity contribution is 7.18. The molecule has 2 aliphatic rings. The Labute approximate surface area is 167 Å². The number of hydrogen-bond donors (Lipinski definition) is 0. The first-order valence-corrected chi connectivity index (χ1v) is 9.93. The number of carbonyl (C=O) groups is 2. The molecule has 28 heavy (non-hydrogen) atoms. The van der Waals surface area contributed by atoms with Crippen LogP contribution >= 0.6 is 11.3 Å². The fourth-order valence-electron chi connectivity index (χ4n) is 3.42. The molecule has 1 amide bonds. The van der Waals surface area contributed by atoms with Gasteiger partial charge in [-0.25, -0.2) is 4.79 Å². The van der Waals surface area contributed by atoms with Crippen LogP contribution in [-0.2, 0) is 14.3 Å². The van der Waals surface area contributed by atoms with Crippen LogP contribution in [0.5, 0.6) is 0 Å². The number of pyridine rings is 1. The molecule has 0 aromatic carbocycles. The summed E-state index contributed by atoms with van der Waals surface area (Å²) in [7, 11) is 1.33. The monoisotopic (exact) mass is 399 g/mol. The van der Waals surface area contributed by atoms with Crippen molar-refractivity contribution in [3.63, 3.8) is 0 Å². The number of morpholine rings is 1. The number of rotatable bonds is 4. The van der Waals surface area contributed by atoms with Gasteiger partial charge in [-0.3, -0.25) is 9.78 Å². The van der Waals surface area contributed by atoms with Crippen LogP contribution in [0.1, 0.15) is 9.67 Å². The second kappa shape index (κ2) is 8.12. The summed E-state index contributed by atoms with van der Waals surface area (Å²) in [6.07, 6.45) is 7.02. The van der Waals surface area contributed by atoms with E-state index in [0.717, 1.165) is 29.2 Å². The third kappa shape index (κ3) is 3.53. The predicted molar refractivity (Wildman–Crippen MR) is 107 cm³/mol. The molecule has 0 unspecified atom stereocenters. The number of hydrogen-bond acceptors (Lipinski definition) is 7. The third-order valence-electron chi connectivity index (χ3n) is 4.87. The Morgan fingerprint density at radius 1 is 1.25 bits per heavy atom. The Hall–Kier alpha value is -2.71. The summed E-state index contributed by atoms with van der Waals surface area (Å²) < 4.78 is 10.3. The minimum absolute atomic E-state index is 0.166. The van der Waals surface area contributed by atoms with E-state index in [4.69, 9.17) is 9.47 Å². The zero-order valence-corrected chi connectivity index (χ0v) is 16.4. The van der Waals surface area contributed by atoms with Crippen LogP contribution < -0.4 is 4.90 Å². The van der Waals surface area contributed by atoms with Crippen LogP contribution in [0.3, 0.4) is 0 Å². The highest BCUT2D eigenvalue weighted by atomic mass is 32.1. The molecule has 4 rings (SSSR count). The first-order chi connectivity index (χ1) is 13.7. The quantitative estimate of drug-likeness (QED) is 0.580. The Morgan fingerprint density at radius 2 is 2.00 bits per heavy atom. The van der Waals surface area contributed by atoms with Gasteiger partial charge < -0.3 is 19.3 Å². The van der Waals surface area contributed by atoms with Gasteiger partial charge in [0.15, 0.2) is 0 Å². The van der Waals surface area contributed by atoms with Gasteiger partial charge in [-0.2, -0.15) is 0 Å². The van der Waals surface area contributed by atoms with Gasteiger partial charge in [0, 0.05) is 37.6 Å². The van der Waals surface area contributed by atoms with E-state index in [1.54, 1.807) is 18.5 Å². The molecule has 7 nitrogen and oxygen atoms in total. The summed E-state index contributed by atoms with van der Waals surface area (Å²) in [4.78, 5) is 33.7. The number of esters is 1. The first-order valence-electron chi connectivity index (χ1n) is 9.11. The zero-order valence-electron chi connectivity index (χ0n) is 15.5. The van der Waals surface area contributed by atoms with Crippen LogP contribution in [0, 0.1) is 0 Å². The Morgan fingerprint density at radius 3 is 2.71 bits per heavy atom. The van der Waals surface area contributed by atoms with E-state index in [0.29, 0.717) is 24.6 Å². The Bertz CT molecular complexity index is 890. The van der Waals surface area contributed by atoms with Gasteiger partial charge >= 0.3 is 5.97 Å². The molecular weight excluding hydrogens is 378 g/mol. The summed E-state index contributed by atoms with van der Waals surface area (Å²) in [6.45, 7) is 3.29. The minimum atomic E-state index is -0.671. The molecule has 1 fully saturated rings. The summed E-state index contributed by atoms with van der Waals surface area (Å²) in [5.41, 5.74) is 2.01. The maximum Gasteiger partial charge on any atom is 0.332 e. The molecule has 146 valence electrons. The predicted octanol–water partition coefficient (Wildman–Crippen LogP) is 2.20. The van der Waals surface area contributed by atoms with Crippen LogP contribution in [-0.4, -0.2) is 67.8 Å². The van der Waals surface area contributed by atoms with Crippen LogP contribution in [0.2, 0.25) is 0 Å². The maximum atomic E-state index is 13.2. The van der Waals surface area contributed by atoms with Crippen molar-refractivity contribution in [2.24, 2.45) is 0 Å². The van der Waals surface area contributed by atoms with E-state index >= 15 is 0 Å². The molecule has 2 aromatic heterocycles. The van der Waals surface area contributed by atoms with Crippen molar-refractivity contribution < 1.29 is 19.1 Å². The Balaban J connectivity index is 1.69. The average molecular weight is 399 g/mol. The van der Waals surface area contributed by atoms with E-state index < -0.39 is 12.0 Å². The van der Waals surface area contributed by atoms with Gasteiger partial charge in [-0.15, -0.1) is 11.3 Å². The molecular formula is C20H21N3O4S. The lowest BCUT2D eigenvalue weighted by Crippen LogP contribution is -2.41. The minimum Gasteiger partial charge on any atom is -0.467 e. The van der Waals surface area contributed by atoms with Gasteiger partial charge in [-0.1, -0.05) is 12.2 Å². The fourth-order valence-corrected chi connectivity index (χ4v) is 4.61. The van der Waals surface area contributed by atoms with Crippen molar-refractivity contribution in [1.29, 1.82) is 0 Å². The normalized spacial score (nSPS) is 19.1. The van der Waals surface area contributed by atoms with Crippen molar-refractivity contribution in [1.82, 2.24) is 9.88 Å². The SMILES string of the molecule is COC(=O)[C@H]1C=CCN1C(=O)c1cc(-c2ccncc2)c(N2CCOCC2)s1. The first kappa shape index (κ1) is 18.6. The van der Waals surface area contributed by atoms with Gasteiger partial charge in [0.25, 0.3) is 5.91 Å². The topological polar surface area (TPSA) is 72.0 Å². The van der Waals surface area contributed by atoms with E-state index in [9.17, 15) is 9.59 Å². The number of nitrogens with zero attached hydrogens (tertiary/aromatic N) is 3. The second-order valence-electron chi connectivity index (χ2n) is 6.52. The number of methoxy groups -OCH3 is 1. The van der Waals surface area contributed by atoms with E-state index in [1.165, 1.54) is 23.3 Å². The summed E-state index contributed by atoms with van der Waals surface area (Å²) in [5, 5.41) is 1.04. The van der Waals surface area contributed by atoms with E-state index in [-0.39, 0.29) is 5.91 Å². The molecule has 4 heterocycles. The lowest BCUT2D eigenvalue weighted by molar-refractivity contribution is -0.143. The van der Waals surface area contributed by atoms with Gasteiger partial charge in [0.05, 0.1) is 30.2 Å². The molecule has 2 aromatic rings. The molecule has 2 aliphatic heterocycles. The molecule has 0 N–H and O–H groups in total. The Kier molecular flexibility index (Phi) is 5.40. The lowest BCUT2D eigenvalue weighted by Gasteiger charge is -2.28. The summed E-state index contributed by atoms with van der Waals surface area (Å²) >= 11 is 1.46. The molecule has 0 aliphatic carbocycles. The average Bonchev–Trinajstić information content (AvgIpc) is 3.42. The highest BCUT2D eigenvalue weighted by Crippen LogP contribution is 2.40. The van der Waals surface area contributed by atoms with Crippen molar-refractivity contribution in [2.45, 2.75) is 6.04 Å². The van der Waals surface area contributed by atoms with Crippen molar-refractivity contribution >= 4 is 28.2 Å².